The maximum atomic E-state index is 6.03. The second-order valence-corrected chi connectivity index (χ2v) is 4.90. The van der Waals surface area contributed by atoms with Crippen LogP contribution in [0.5, 0.6) is 5.75 Å². The van der Waals surface area contributed by atoms with Crippen molar-refractivity contribution in [3.8, 4) is 5.75 Å². The highest BCUT2D eigenvalue weighted by Crippen LogP contribution is 2.25. The number of ether oxygens (including phenoxy) is 1. The summed E-state index contributed by atoms with van der Waals surface area (Å²) < 4.78 is 5.76. The third kappa shape index (κ3) is 3.13. The first-order valence-corrected chi connectivity index (χ1v) is 6.19. The summed E-state index contributed by atoms with van der Waals surface area (Å²) in [5.41, 5.74) is 0. The zero-order chi connectivity index (χ0) is 11.4. The van der Waals surface area contributed by atoms with E-state index in [9.17, 15) is 0 Å². The van der Waals surface area contributed by atoms with Gasteiger partial charge in [-0.3, -0.25) is 0 Å². The van der Waals surface area contributed by atoms with Crippen LogP contribution in [-0.2, 0) is 0 Å². The van der Waals surface area contributed by atoms with Crippen LogP contribution in [0.4, 0.5) is 0 Å². The Hall–Kier alpha value is -0.730. The van der Waals surface area contributed by atoms with E-state index in [-0.39, 0.29) is 0 Å². The molecule has 0 aromatic heterocycles. The summed E-state index contributed by atoms with van der Waals surface area (Å²) in [4.78, 5) is 2.37. The number of benzene rings is 1. The first-order valence-electron chi connectivity index (χ1n) is 5.81. The first-order chi connectivity index (χ1) is 7.75. The smallest absolute Gasteiger partial charge is 0.137 e. The van der Waals surface area contributed by atoms with Gasteiger partial charge in [0.15, 0.2) is 0 Å². The van der Waals surface area contributed by atoms with Gasteiger partial charge in [0, 0.05) is 0 Å². The summed E-state index contributed by atoms with van der Waals surface area (Å²) in [5.74, 6) is 1.48. The van der Waals surface area contributed by atoms with Crippen molar-refractivity contribution in [2.24, 2.45) is 5.92 Å². The van der Waals surface area contributed by atoms with E-state index in [2.05, 4.69) is 11.9 Å². The van der Waals surface area contributed by atoms with Crippen molar-refractivity contribution in [3.63, 3.8) is 0 Å². The Kier molecular flexibility index (Phi) is 4.08. The number of rotatable bonds is 3. The molecule has 0 spiro atoms. The minimum atomic E-state index is 0.674. The fourth-order valence-electron chi connectivity index (χ4n) is 2.00. The van der Waals surface area contributed by atoms with Gasteiger partial charge >= 0.3 is 0 Å². The van der Waals surface area contributed by atoms with Crippen LogP contribution in [0.25, 0.3) is 0 Å². The second-order valence-electron chi connectivity index (χ2n) is 4.49. The zero-order valence-corrected chi connectivity index (χ0v) is 10.4. The molecule has 1 heterocycles. The molecular formula is C13H18ClNO. The SMILES string of the molecule is CN1CCC(COc2ccccc2Cl)CC1. The lowest BCUT2D eigenvalue weighted by Crippen LogP contribution is -2.32. The van der Waals surface area contributed by atoms with Gasteiger partial charge in [0.25, 0.3) is 0 Å². The lowest BCUT2D eigenvalue weighted by Gasteiger charge is -2.28. The largest absolute Gasteiger partial charge is 0.492 e. The molecule has 0 N–H and O–H groups in total. The number of hydrogen-bond donors (Lipinski definition) is 0. The molecule has 3 heteroatoms. The van der Waals surface area contributed by atoms with E-state index in [1.165, 1.54) is 25.9 Å². The van der Waals surface area contributed by atoms with Gasteiger partial charge in [-0.05, 0) is 51.0 Å². The van der Waals surface area contributed by atoms with E-state index in [0.717, 1.165) is 12.4 Å². The molecule has 2 rings (SSSR count). The Bertz CT molecular complexity index is 334. The molecule has 0 atom stereocenters. The Morgan fingerprint density at radius 3 is 2.69 bits per heavy atom. The first kappa shape index (κ1) is 11.7. The number of likely N-dealkylation sites (tertiary alicyclic amines) is 1. The molecule has 0 aliphatic carbocycles. The number of hydrogen-bond acceptors (Lipinski definition) is 2. The summed E-state index contributed by atoms with van der Waals surface area (Å²) in [6.07, 6.45) is 2.45. The van der Waals surface area contributed by atoms with Crippen LogP contribution in [0.3, 0.4) is 0 Å². The highest BCUT2D eigenvalue weighted by atomic mass is 35.5. The molecule has 0 radical (unpaired) electrons. The molecule has 88 valence electrons. The van der Waals surface area contributed by atoms with E-state index < -0.39 is 0 Å². The van der Waals surface area contributed by atoms with Crippen LogP contribution in [0.15, 0.2) is 24.3 Å². The van der Waals surface area contributed by atoms with Crippen LogP contribution in [0, 0.1) is 5.92 Å². The lowest BCUT2D eigenvalue weighted by molar-refractivity contribution is 0.160. The van der Waals surface area contributed by atoms with Crippen molar-refractivity contribution in [3.05, 3.63) is 29.3 Å². The Morgan fingerprint density at radius 1 is 1.31 bits per heavy atom. The fourth-order valence-corrected chi connectivity index (χ4v) is 2.19. The average Bonchev–Trinajstić information content (AvgIpc) is 2.30. The van der Waals surface area contributed by atoms with Crippen LogP contribution in [0.1, 0.15) is 12.8 Å². The zero-order valence-electron chi connectivity index (χ0n) is 9.66. The van der Waals surface area contributed by atoms with Crippen LogP contribution in [-0.4, -0.2) is 31.6 Å². The molecule has 16 heavy (non-hydrogen) atoms. The third-order valence-electron chi connectivity index (χ3n) is 3.15. The van der Waals surface area contributed by atoms with Gasteiger partial charge in [-0.25, -0.2) is 0 Å². The fraction of sp³-hybridized carbons (Fsp3) is 0.538. The topological polar surface area (TPSA) is 12.5 Å². The van der Waals surface area contributed by atoms with Gasteiger partial charge in [0.1, 0.15) is 5.75 Å². The highest BCUT2D eigenvalue weighted by molar-refractivity contribution is 6.32. The number of halogens is 1. The standard InChI is InChI=1S/C13H18ClNO/c1-15-8-6-11(7-9-15)10-16-13-5-3-2-4-12(13)14/h2-5,11H,6-10H2,1H3. The van der Waals surface area contributed by atoms with Crippen molar-refractivity contribution in [2.75, 3.05) is 26.7 Å². The minimum absolute atomic E-state index is 0.674. The summed E-state index contributed by atoms with van der Waals surface area (Å²) >= 11 is 6.03. The average molecular weight is 240 g/mol. The normalized spacial score (nSPS) is 18.6. The maximum Gasteiger partial charge on any atom is 0.137 e. The van der Waals surface area contributed by atoms with E-state index in [1.807, 2.05) is 24.3 Å². The Balaban J connectivity index is 1.81. The van der Waals surface area contributed by atoms with Gasteiger partial charge in [0.2, 0.25) is 0 Å². The molecule has 2 nitrogen and oxygen atoms in total. The molecule has 1 aromatic carbocycles. The van der Waals surface area contributed by atoms with E-state index in [4.69, 9.17) is 16.3 Å². The van der Waals surface area contributed by atoms with E-state index >= 15 is 0 Å². The van der Waals surface area contributed by atoms with E-state index in [0.29, 0.717) is 10.9 Å². The predicted octanol–water partition coefficient (Wildman–Crippen LogP) is 3.06. The molecular weight excluding hydrogens is 222 g/mol. The number of para-hydroxylation sites is 1. The van der Waals surface area contributed by atoms with Crippen molar-refractivity contribution in [1.29, 1.82) is 0 Å². The molecule has 0 amide bonds. The molecule has 0 unspecified atom stereocenters. The van der Waals surface area contributed by atoms with Gasteiger partial charge in [-0.1, -0.05) is 23.7 Å². The second kappa shape index (κ2) is 5.55. The highest BCUT2D eigenvalue weighted by Gasteiger charge is 2.17. The Labute approximate surface area is 102 Å². The monoisotopic (exact) mass is 239 g/mol. The minimum Gasteiger partial charge on any atom is -0.492 e. The predicted molar refractivity (Wildman–Crippen MR) is 67.2 cm³/mol. The molecule has 0 saturated carbocycles. The maximum absolute atomic E-state index is 6.03. The van der Waals surface area contributed by atoms with Crippen molar-refractivity contribution < 1.29 is 4.74 Å². The lowest BCUT2D eigenvalue weighted by atomic mass is 9.98. The Morgan fingerprint density at radius 2 is 2.00 bits per heavy atom. The number of piperidine rings is 1. The van der Waals surface area contributed by atoms with Gasteiger partial charge in [-0.15, -0.1) is 0 Å². The molecule has 1 saturated heterocycles. The van der Waals surface area contributed by atoms with Crippen molar-refractivity contribution in [1.82, 2.24) is 4.90 Å². The van der Waals surface area contributed by atoms with E-state index in [1.54, 1.807) is 0 Å². The summed E-state index contributed by atoms with van der Waals surface area (Å²) in [6.45, 7) is 3.14. The van der Waals surface area contributed by atoms with Crippen molar-refractivity contribution >= 4 is 11.6 Å². The molecule has 1 aliphatic heterocycles. The number of nitrogens with zero attached hydrogens (tertiary/aromatic N) is 1. The summed E-state index contributed by atoms with van der Waals surface area (Å²) in [7, 11) is 2.17. The van der Waals surface area contributed by atoms with Gasteiger partial charge < -0.3 is 9.64 Å². The summed E-state index contributed by atoms with van der Waals surface area (Å²) in [6, 6.07) is 7.67. The van der Waals surface area contributed by atoms with Gasteiger partial charge in [-0.2, -0.15) is 0 Å². The summed E-state index contributed by atoms with van der Waals surface area (Å²) in [5, 5.41) is 0.704. The molecule has 1 fully saturated rings. The van der Waals surface area contributed by atoms with Crippen LogP contribution in [0.2, 0.25) is 5.02 Å². The van der Waals surface area contributed by atoms with Crippen LogP contribution < -0.4 is 4.74 Å². The molecule has 0 bridgehead atoms. The van der Waals surface area contributed by atoms with Crippen LogP contribution >= 0.6 is 11.6 Å². The quantitative estimate of drug-likeness (QED) is 0.804. The van der Waals surface area contributed by atoms with Crippen molar-refractivity contribution in [2.45, 2.75) is 12.8 Å². The molecule has 1 aromatic rings. The third-order valence-corrected chi connectivity index (χ3v) is 3.46. The van der Waals surface area contributed by atoms with Gasteiger partial charge in [0.05, 0.1) is 11.6 Å². The molecule has 1 aliphatic rings.